The highest BCUT2D eigenvalue weighted by Crippen LogP contribution is 2.35. The first kappa shape index (κ1) is 14.7. The van der Waals surface area contributed by atoms with Crippen LogP contribution in [0.25, 0.3) is 10.8 Å². The third-order valence-electron chi connectivity index (χ3n) is 5.52. The van der Waals surface area contributed by atoms with E-state index in [1.165, 1.54) is 23.6 Å². The van der Waals surface area contributed by atoms with Crippen molar-refractivity contribution in [2.75, 3.05) is 7.05 Å². The van der Waals surface area contributed by atoms with E-state index >= 15 is 0 Å². The van der Waals surface area contributed by atoms with Crippen LogP contribution in [-0.2, 0) is 16.0 Å². The number of hydrogen-bond donors (Lipinski definition) is 0. The van der Waals surface area contributed by atoms with E-state index < -0.39 is 0 Å². The second-order valence-electron chi connectivity index (χ2n) is 6.99. The van der Waals surface area contributed by atoms with Gasteiger partial charge in [-0.3, -0.25) is 4.79 Å². The molecule has 4 rings (SSSR count). The van der Waals surface area contributed by atoms with Gasteiger partial charge in [0.05, 0.1) is 6.42 Å². The predicted molar refractivity (Wildman–Crippen MR) is 91.3 cm³/mol. The molecule has 2 fully saturated rings. The molecule has 0 saturated carbocycles. The molecular weight excluding hydrogens is 286 g/mol. The Labute approximate surface area is 137 Å². The van der Waals surface area contributed by atoms with Crippen LogP contribution in [0.15, 0.2) is 42.5 Å². The van der Waals surface area contributed by atoms with E-state index in [0.717, 1.165) is 18.4 Å². The summed E-state index contributed by atoms with van der Waals surface area (Å²) in [5.41, 5.74) is 1.03. The van der Waals surface area contributed by atoms with Gasteiger partial charge in [-0.25, -0.2) is 0 Å². The summed E-state index contributed by atoms with van der Waals surface area (Å²) in [5.74, 6) is -0.0887. The third kappa shape index (κ3) is 2.98. The lowest BCUT2D eigenvalue weighted by molar-refractivity contribution is -0.151. The van der Waals surface area contributed by atoms with E-state index in [0.29, 0.717) is 18.5 Å². The van der Waals surface area contributed by atoms with Gasteiger partial charge in [0.2, 0.25) is 0 Å². The number of ether oxygens (including phenoxy) is 1. The summed E-state index contributed by atoms with van der Waals surface area (Å²) in [6.45, 7) is 0. The van der Waals surface area contributed by atoms with Crippen LogP contribution in [0.1, 0.15) is 31.2 Å². The van der Waals surface area contributed by atoms with Crippen molar-refractivity contribution in [3.63, 3.8) is 0 Å². The van der Waals surface area contributed by atoms with Crippen LogP contribution in [0.5, 0.6) is 0 Å². The minimum Gasteiger partial charge on any atom is -0.462 e. The number of nitrogens with zero attached hydrogens (tertiary/aromatic N) is 1. The summed E-state index contributed by atoms with van der Waals surface area (Å²) in [4.78, 5) is 14.8. The zero-order chi connectivity index (χ0) is 15.8. The summed E-state index contributed by atoms with van der Waals surface area (Å²) in [6, 6.07) is 15.6. The van der Waals surface area contributed by atoms with Gasteiger partial charge in [-0.15, -0.1) is 0 Å². The van der Waals surface area contributed by atoms with Gasteiger partial charge in [0.1, 0.15) is 6.10 Å². The van der Waals surface area contributed by atoms with Gasteiger partial charge in [-0.1, -0.05) is 42.5 Å². The average molecular weight is 309 g/mol. The van der Waals surface area contributed by atoms with Crippen LogP contribution in [0.2, 0.25) is 0 Å². The van der Waals surface area contributed by atoms with Crippen LogP contribution >= 0.6 is 0 Å². The number of hydrogen-bond acceptors (Lipinski definition) is 3. The number of benzene rings is 2. The molecule has 2 aliphatic rings. The Balaban J connectivity index is 1.39. The quantitative estimate of drug-likeness (QED) is 0.812. The van der Waals surface area contributed by atoms with Gasteiger partial charge < -0.3 is 9.64 Å². The molecule has 23 heavy (non-hydrogen) atoms. The summed E-state index contributed by atoms with van der Waals surface area (Å²) in [6.07, 6.45) is 4.97. The fraction of sp³-hybridized carbons (Fsp3) is 0.450. The zero-order valence-electron chi connectivity index (χ0n) is 13.6. The van der Waals surface area contributed by atoms with Crippen LogP contribution in [0.4, 0.5) is 0 Å². The molecule has 2 bridgehead atoms. The number of carbonyl (C=O) groups is 1. The molecule has 0 aliphatic carbocycles. The largest absolute Gasteiger partial charge is 0.462 e. The molecule has 0 spiro atoms. The first-order chi connectivity index (χ1) is 11.2. The molecule has 2 heterocycles. The molecule has 3 heteroatoms. The smallest absolute Gasteiger partial charge is 0.310 e. The van der Waals surface area contributed by atoms with Crippen molar-refractivity contribution >= 4 is 16.7 Å². The average Bonchev–Trinajstić information content (AvgIpc) is 2.76. The summed E-state index contributed by atoms with van der Waals surface area (Å²) in [5, 5.41) is 2.38. The van der Waals surface area contributed by atoms with Crippen molar-refractivity contribution in [2.24, 2.45) is 0 Å². The number of esters is 1. The number of rotatable bonds is 3. The van der Waals surface area contributed by atoms with E-state index in [4.69, 9.17) is 4.74 Å². The molecule has 0 aromatic heterocycles. The highest BCUT2D eigenvalue weighted by molar-refractivity contribution is 5.84. The van der Waals surface area contributed by atoms with E-state index in [1.807, 2.05) is 18.2 Å². The first-order valence-electron chi connectivity index (χ1n) is 8.58. The monoisotopic (exact) mass is 309 g/mol. The fourth-order valence-electron chi connectivity index (χ4n) is 4.20. The zero-order valence-corrected chi connectivity index (χ0v) is 13.6. The normalized spacial score (nSPS) is 27.3. The van der Waals surface area contributed by atoms with Gasteiger partial charge in [0.15, 0.2) is 0 Å². The molecule has 0 radical (unpaired) electrons. The van der Waals surface area contributed by atoms with E-state index in [-0.39, 0.29) is 12.1 Å². The molecule has 2 unspecified atom stereocenters. The minimum atomic E-state index is -0.0887. The molecule has 2 aliphatic heterocycles. The van der Waals surface area contributed by atoms with Crippen LogP contribution < -0.4 is 0 Å². The van der Waals surface area contributed by atoms with Gasteiger partial charge in [-0.2, -0.15) is 0 Å². The fourth-order valence-corrected chi connectivity index (χ4v) is 4.20. The van der Waals surface area contributed by atoms with E-state index in [9.17, 15) is 4.79 Å². The van der Waals surface area contributed by atoms with Gasteiger partial charge in [-0.05, 0) is 49.1 Å². The van der Waals surface area contributed by atoms with Crippen molar-refractivity contribution in [1.82, 2.24) is 4.90 Å². The van der Waals surface area contributed by atoms with Crippen molar-refractivity contribution in [3.8, 4) is 0 Å². The van der Waals surface area contributed by atoms with Crippen LogP contribution in [0.3, 0.4) is 0 Å². The third-order valence-corrected chi connectivity index (χ3v) is 5.52. The number of carbonyl (C=O) groups excluding carboxylic acids is 1. The van der Waals surface area contributed by atoms with Gasteiger partial charge >= 0.3 is 5.97 Å². The molecule has 2 aromatic rings. The lowest BCUT2D eigenvalue weighted by Gasteiger charge is -2.35. The maximum Gasteiger partial charge on any atom is 0.310 e. The molecule has 2 atom stereocenters. The molecule has 120 valence electrons. The predicted octanol–water partition coefficient (Wildman–Crippen LogP) is 3.55. The van der Waals surface area contributed by atoms with Gasteiger partial charge in [0.25, 0.3) is 0 Å². The van der Waals surface area contributed by atoms with Crippen LogP contribution in [0, 0.1) is 0 Å². The highest BCUT2D eigenvalue weighted by atomic mass is 16.5. The number of fused-ring (bicyclic) bond motifs is 3. The SMILES string of the molecule is CN1C2CCC1CC(OC(=O)Cc1ccc3ccccc3c1)C2. The first-order valence-corrected chi connectivity index (χ1v) is 8.58. The van der Waals surface area contributed by atoms with Gasteiger partial charge in [0, 0.05) is 12.1 Å². The Morgan fingerprint density at radius 1 is 1.09 bits per heavy atom. The summed E-state index contributed by atoms with van der Waals surface area (Å²) < 4.78 is 5.77. The Morgan fingerprint density at radius 2 is 1.78 bits per heavy atom. The van der Waals surface area contributed by atoms with E-state index in [2.05, 4.69) is 36.2 Å². The summed E-state index contributed by atoms with van der Waals surface area (Å²) >= 11 is 0. The van der Waals surface area contributed by atoms with Crippen molar-refractivity contribution in [3.05, 3.63) is 48.0 Å². The highest BCUT2D eigenvalue weighted by Gasteiger charge is 2.39. The van der Waals surface area contributed by atoms with Crippen molar-refractivity contribution < 1.29 is 9.53 Å². The second kappa shape index (κ2) is 5.97. The van der Waals surface area contributed by atoms with E-state index in [1.54, 1.807) is 0 Å². The molecule has 2 aromatic carbocycles. The second-order valence-corrected chi connectivity index (χ2v) is 6.99. The minimum absolute atomic E-state index is 0.0887. The molecule has 2 saturated heterocycles. The number of piperidine rings is 1. The Hall–Kier alpha value is -1.87. The Morgan fingerprint density at radius 3 is 2.52 bits per heavy atom. The molecular formula is C20H23NO2. The maximum absolute atomic E-state index is 12.3. The Bertz CT molecular complexity index is 712. The Kier molecular flexibility index (Phi) is 3.82. The molecule has 3 nitrogen and oxygen atoms in total. The lowest BCUT2D eigenvalue weighted by atomic mass is 10.0. The van der Waals surface area contributed by atoms with Crippen molar-refractivity contribution in [1.29, 1.82) is 0 Å². The maximum atomic E-state index is 12.3. The topological polar surface area (TPSA) is 29.5 Å². The van der Waals surface area contributed by atoms with Crippen molar-refractivity contribution in [2.45, 2.75) is 50.3 Å². The molecule has 0 amide bonds. The van der Waals surface area contributed by atoms with Crippen LogP contribution in [-0.4, -0.2) is 36.1 Å². The molecule has 0 N–H and O–H groups in total. The standard InChI is InChI=1S/C20H23NO2/c1-21-17-8-9-18(21)13-19(12-17)23-20(22)11-14-6-7-15-4-2-3-5-16(15)10-14/h2-7,10,17-19H,8-9,11-13H2,1H3. The summed E-state index contributed by atoms with van der Waals surface area (Å²) in [7, 11) is 2.20. The lowest BCUT2D eigenvalue weighted by Crippen LogP contribution is -2.43.